The number of rotatable bonds is 4. The largest absolute Gasteiger partial charge is 0.271 e. The van der Waals surface area contributed by atoms with Crippen LogP contribution in [0.1, 0.15) is 24.4 Å². The number of hydrazine groups is 1. The summed E-state index contributed by atoms with van der Waals surface area (Å²) in [7, 11) is 0. The molecule has 0 aromatic heterocycles. The molecule has 15 heavy (non-hydrogen) atoms. The maximum absolute atomic E-state index is 5.50. The van der Waals surface area contributed by atoms with Crippen LogP contribution in [0, 0.1) is 12.3 Å². The second-order valence-corrected chi connectivity index (χ2v) is 4.90. The van der Waals surface area contributed by atoms with E-state index in [2.05, 4.69) is 43.2 Å². The second kappa shape index (κ2) is 6.29. The van der Waals surface area contributed by atoms with Crippen molar-refractivity contribution in [1.29, 1.82) is 0 Å². The highest BCUT2D eigenvalue weighted by Gasteiger charge is 2.12. The van der Waals surface area contributed by atoms with Gasteiger partial charge in [-0.1, -0.05) is 37.9 Å². The van der Waals surface area contributed by atoms with Gasteiger partial charge in [-0.05, 0) is 24.1 Å². The topological polar surface area (TPSA) is 38.0 Å². The van der Waals surface area contributed by atoms with E-state index in [0.717, 1.165) is 20.9 Å². The van der Waals surface area contributed by atoms with Gasteiger partial charge in [-0.15, -0.1) is 12.3 Å². The van der Waals surface area contributed by atoms with Gasteiger partial charge in [0.25, 0.3) is 0 Å². The average Bonchev–Trinajstić information content (AvgIpc) is 2.21. The van der Waals surface area contributed by atoms with Crippen LogP contribution in [0.15, 0.2) is 27.1 Å². The number of hydrogen-bond donors (Lipinski definition) is 2. The van der Waals surface area contributed by atoms with Gasteiger partial charge in [0.2, 0.25) is 0 Å². The molecule has 3 N–H and O–H groups in total. The Hall–Kier alpha value is -0.340. The van der Waals surface area contributed by atoms with Crippen molar-refractivity contribution in [3.63, 3.8) is 0 Å². The van der Waals surface area contributed by atoms with Crippen molar-refractivity contribution in [2.45, 2.75) is 18.9 Å². The van der Waals surface area contributed by atoms with Crippen molar-refractivity contribution in [2.24, 2.45) is 5.84 Å². The molecule has 0 aliphatic rings. The SMILES string of the molecule is C#CCCC(NN)c1ccc(Br)cc1Br. The van der Waals surface area contributed by atoms with Gasteiger partial charge >= 0.3 is 0 Å². The molecule has 1 aromatic rings. The zero-order valence-electron chi connectivity index (χ0n) is 8.13. The van der Waals surface area contributed by atoms with Crippen LogP contribution in [0.4, 0.5) is 0 Å². The fraction of sp³-hybridized carbons (Fsp3) is 0.273. The molecule has 0 radical (unpaired) electrons. The minimum Gasteiger partial charge on any atom is -0.271 e. The van der Waals surface area contributed by atoms with Crippen LogP contribution >= 0.6 is 31.9 Å². The van der Waals surface area contributed by atoms with Crippen molar-refractivity contribution in [1.82, 2.24) is 5.43 Å². The zero-order chi connectivity index (χ0) is 11.3. The highest BCUT2D eigenvalue weighted by molar-refractivity contribution is 9.11. The standard InChI is InChI=1S/C11H12Br2N2/c1-2-3-4-11(15-14)9-6-5-8(12)7-10(9)13/h1,5-7,11,15H,3-4,14H2. The summed E-state index contributed by atoms with van der Waals surface area (Å²) in [6.07, 6.45) is 6.77. The normalized spacial score (nSPS) is 12.1. The van der Waals surface area contributed by atoms with Crippen LogP contribution < -0.4 is 11.3 Å². The Bertz CT molecular complexity index is 371. The summed E-state index contributed by atoms with van der Waals surface area (Å²) in [5, 5.41) is 0. The van der Waals surface area contributed by atoms with Gasteiger partial charge in [-0.25, -0.2) is 0 Å². The lowest BCUT2D eigenvalue weighted by Gasteiger charge is -2.16. The lowest BCUT2D eigenvalue weighted by Crippen LogP contribution is -2.28. The Morgan fingerprint density at radius 3 is 2.73 bits per heavy atom. The van der Waals surface area contributed by atoms with Crippen LogP contribution in [-0.2, 0) is 0 Å². The Labute approximate surface area is 107 Å². The molecule has 0 saturated carbocycles. The first-order chi connectivity index (χ1) is 7.19. The van der Waals surface area contributed by atoms with Crippen molar-refractivity contribution in [3.05, 3.63) is 32.7 Å². The first-order valence-electron chi connectivity index (χ1n) is 4.53. The molecule has 0 heterocycles. The summed E-state index contributed by atoms with van der Waals surface area (Å²) < 4.78 is 2.06. The Morgan fingerprint density at radius 2 is 2.20 bits per heavy atom. The maximum Gasteiger partial charge on any atom is 0.0480 e. The minimum absolute atomic E-state index is 0.0866. The van der Waals surface area contributed by atoms with Gasteiger partial charge in [0, 0.05) is 21.4 Å². The van der Waals surface area contributed by atoms with Gasteiger partial charge in [0.15, 0.2) is 0 Å². The molecule has 1 rings (SSSR count). The van der Waals surface area contributed by atoms with Gasteiger partial charge in [0.1, 0.15) is 0 Å². The second-order valence-electron chi connectivity index (χ2n) is 3.13. The third-order valence-corrected chi connectivity index (χ3v) is 3.30. The number of nitrogens with two attached hydrogens (primary N) is 1. The molecule has 1 aromatic carbocycles. The Kier molecular flexibility index (Phi) is 5.34. The van der Waals surface area contributed by atoms with E-state index in [1.54, 1.807) is 0 Å². The van der Waals surface area contributed by atoms with Crippen LogP contribution in [-0.4, -0.2) is 0 Å². The number of halogens is 2. The molecule has 0 aliphatic heterocycles. The van der Waals surface area contributed by atoms with E-state index in [9.17, 15) is 0 Å². The predicted molar refractivity (Wildman–Crippen MR) is 70.0 cm³/mol. The maximum atomic E-state index is 5.50. The summed E-state index contributed by atoms with van der Waals surface area (Å²) in [6, 6.07) is 6.09. The molecule has 1 atom stereocenters. The molecule has 80 valence electrons. The molecule has 0 fully saturated rings. The third kappa shape index (κ3) is 3.62. The summed E-state index contributed by atoms with van der Waals surface area (Å²) >= 11 is 6.91. The van der Waals surface area contributed by atoms with E-state index in [-0.39, 0.29) is 6.04 Å². The van der Waals surface area contributed by atoms with Gasteiger partial charge < -0.3 is 0 Å². The summed E-state index contributed by atoms with van der Waals surface area (Å²) in [5.74, 6) is 8.11. The number of benzene rings is 1. The van der Waals surface area contributed by atoms with Crippen LogP contribution in [0.3, 0.4) is 0 Å². The summed E-state index contributed by atoms with van der Waals surface area (Å²) in [6.45, 7) is 0. The fourth-order valence-electron chi connectivity index (χ4n) is 1.34. The van der Waals surface area contributed by atoms with Crippen LogP contribution in [0.2, 0.25) is 0 Å². The van der Waals surface area contributed by atoms with Crippen molar-refractivity contribution < 1.29 is 0 Å². The van der Waals surface area contributed by atoms with Crippen molar-refractivity contribution in [2.75, 3.05) is 0 Å². The molecule has 1 unspecified atom stereocenters. The molecule has 2 nitrogen and oxygen atoms in total. The van der Waals surface area contributed by atoms with E-state index in [4.69, 9.17) is 12.3 Å². The van der Waals surface area contributed by atoms with Crippen LogP contribution in [0.5, 0.6) is 0 Å². The Balaban J connectivity index is 2.87. The van der Waals surface area contributed by atoms with E-state index in [1.807, 2.05) is 18.2 Å². The molecule has 0 bridgehead atoms. The predicted octanol–water partition coefficient (Wildman–Crippen LogP) is 3.13. The van der Waals surface area contributed by atoms with Gasteiger partial charge in [-0.3, -0.25) is 11.3 Å². The van der Waals surface area contributed by atoms with Crippen molar-refractivity contribution >= 4 is 31.9 Å². The van der Waals surface area contributed by atoms with E-state index < -0.39 is 0 Å². The first-order valence-corrected chi connectivity index (χ1v) is 6.12. The van der Waals surface area contributed by atoms with Gasteiger partial charge in [0.05, 0.1) is 0 Å². The van der Waals surface area contributed by atoms with Gasteiger partial charge in [-0.2, -0.15) is 0 Å². The third-order valence-electron chi connectivity index (χ3n) is 2.12. The number of terminal acetylenes is 1. The fourth-order valence-corrected chi connectivity index (χ4v) is 2.66. The minimum atomic E-state index is 0.0866. The molecule has 0 spiro atoms. The molecular formula is C11H12Br2N2. The molecule has 4 heteroatoms. The quantitative estimate of drug-likeness (QED) is 0.505. The highest BCUT2D eigenvalue weighted by Crippen LogP contribution is 2.28. The molecule has 0 aliphatic carbocycles. The lowest BCUT2D eigenvalue weighted by atomic mass is 10.0. The molecule has 0 amide bonds. The van der Waals surface area contributed by atoms with Crippen molar-refractivity contribution in [3.8, 4) is 12.3 Å². The number of nitrogens with one attached hydrogen (secondary N) is 1. The van der Waals surface area contributed by atoms with E-state index in [1.165, 1.54) is 0 Å². The summed E-state index contributed by atoms with van der Waals surface area (Å²) in [4.78, 5) is 0. The Morgan fingerprint density at radius 1 is 1.47 bits per heavy atom. The summed E-state index contributed by atoms with van der Waals surface area (Å²) in [5.41, 5.74) is 3.89. The van der Waals surface area contributed by atoms with Crippen LogP contribution in [0.25, 0.3) is 0 Å². The molecule has 0 saturated heterocycles. The smallest absolute Gasteiger partial charge is 0.0480 e. The average molecular weight is 332 g/mol. The number of hydrogen-bond acceptors (Lipinski definition) is 2. The lowest BCUT2D eigenvalue weighted by molar-refractivity contribution is 0.522. The molecular weight excluding hydrogens is 320 g/mol. The highest BCUT2D eigenvalue weighted by atomic mass is 79.9. The zero-order valence-corrected chi connectivity index (χ0v) is 11.3. The monoisotopic (exact) mass is 330 g/mol. The first kappa shape index (κ1) is 12.7. The van der Waals surface area contributed by atoms with E-state index in [0.29, 0.717) is 6.42 Å². The van der Waals surface area contributed by atoms with E-state index >= 15 is 0 Å².